The highest BCUT2D eigenvalue weighted by atomic mass is 19.1. The average Bonchev–Trinajstić information content (AvgIpc) is 3.45. The summed E-state index contributed by atoms with van der Waals surface area (Å²) in [7, 11) is 0. The van der Waals surface area contributed by atoms with Crippen molar-refractivity contribution in [2.45, 2.75) is 51.5 Å². The van der Waals surface area contributed by atoms with Crippen LogP contribution in [0.15, 0.2) is 72.8 Å². The molecule has 1 aromatic heterocycles. The van der Waals surface area contributed by atoms with Gasteiger partial charge in [-0.15, -0.1) is 0 Å². The first-order valence-corrected chi connectivity index (χ1v) is 12.7. The Morgan fingerprint density at radius 3 is 2.50 bits per heavy atom. The number of hydrogen-bond acceptors (Lipinski definition) is 3. The van der Waals surface area contributed by atoms with E-state index in [-0.39, 0.29) is 17.6 Å². The molecule has 0 aliphatic carbocycles. The minimum Gasteiger partial charge on any atom is -0.494 e. The van der Waals surface area contributed by atoms with Gasteiger partial charge in [-0.25, -0.2) is 9.37 Å². The van der Waals surface area contributed by atoms with Crippen LogP contribution in [0.25, 0.3) is 11.0 Å². The topological polar surface area (TPSA) is 47.4 Å². The van der Waals surface area contributed by atoms with Crippen LogP contribution in [-0.4, -0.2) is 28.6 Å². The molecule has 4 aromatic rings. The fourth-order valence-corrected chi connectivity index (χ4v) is 4.90. The summed E-state index contributed by atoms with van der Waals surface area (Å²) in [5.41, 5.74) is 4.07. The maximum Gasteiger partial charge on any atom is 0.227 e. The molecule has 36 heavy (non-hydrogen) atoms. The quantitative estimate of drug-likeness (QED) is 0.249. The van der Waals surface area contributed by atoms with E-state index in [9.17, 15) is 9.18 Å². The average molecular weight is 486 g/mol. The van der Waals surface area contributed by atoms with Crippen LogP contribution in [0.1, 0.15) is 56.3 Å². The van der Waals surface area contributed by atoms with Crippen LogP contribution in [0.4, 0.5) is 10.1 Å². The fourth-order valence-electron chi connectivity index (χ4n) is 4.90. The molecule has 5 nitrogen and oxygen atoms in total. The van der Waals surface area contributed by atoms with Crippen molar-refractivity contribution < 1.29 is 13.9 Å². The summed E-state index contributed by atoms with van der Waals surface area (Å²) in [4.78, 5) is 19.5. The monoisotopic (exact) mass is 485 g/mol. The zero-order valence-electron chi connectivity index (χ0n) is 20.9. The first kappa shape index (κ1) is 24.0. The molecule has 1 aliphatic heterocycles. The maximum absolute atomic E-state index is 13.4. The number of aromatic nitrogens is 2. The molecule has 1 unspecified atom stereocenters. The van der Waals surface area contributed by atoms with Crippen LogP contribution in [0.5, 0.6) is 5.75 Å². The number of imidazole rings is 1. The number of ether oxygens (including phenoxy) is 1. The van der Waals surface area contributed by atoms with Gasteiger partial charge in [-0.05, 0) is 72.9 Å². The molecule has 3 aromatic carbocycles. The van der Waals surface area contributed by atoms with Gasteiger partial charge in [0.1, 0.15) is 17.4 Å². The number of nitrogens with zero attached hydrogens (tertiary/aromatic N) is 3. The van der Waals surface area contributed by atoms with Crippen molar-refractivity contribution in [3.63, 3.8) is 0 Å². The van der Waals surface area contributed by atoms with Crippen LogP contribution < -0.4 is 9.64 Å². The highest BCUT2D eigenvalue weighted by molar-refractivity contribution is 5.96. The van der Waals surface area contributed by atoms with Crippen LogP contribution in [0, 0.1) is 5.82 Å². The third-order valence-electron chi connectivity index (χ3n) is 6.90. The lowest BCUT2D eigenvalue weighted by atomic mass is 10.0. The van der Waals surface area contributed by atoms with E-state index in [1.165, 1.54) is 17.7 Å². The van der Waals surface area contributed by atoms with E-state index in [1.807, 2.05) is 30.3 Å². The lowest BCUT2D eigenvalue weighted by Gasteiger charge is -2.17. The number of carbonyl (C=O) groups excluding carboxylic acids is 1. The van der Waals surface area contributed by atoms with Crippen molar-refractivity contribution in [1.29, 1.82) is 0 Å². The Bertz CT molecular complexity index is 1330. The molecule has 1 fully saturated rings. The Kier molecular flexibility index (Phi) is 7.03. The van der Waals surface area contributed by atoms with Crippen molar-refractivity contribution in [3.8, 4) is 5.75 Å². The van der Waals surface area contributed by atoms with Gasteiger partial charge in [0, 0.05) is 31.1 Å². The van der Waals surface area contributed by atoms with Crippen molar-refractivity contribution in [3.05, 3.63) is 90.0 Å². The zero-order chi connectivity index (χ0) is 25.1. The molecule has 0 bridgehead atoms. The van der Waals surface area contributed by atoms with Crippen molar-refractivity contribution in [2.24, 2.45) is 0 Å². The molecule has 0 N–H and O–H groups in total. The molecule has 1 amide bonds. The third kappa shape index (κ3) is 5.13. The Morgan fingerprint density at radius 2 is 1.75 bits per heavy atom. The molecule has 5 rings (SSSR count). The molecule has 0 spiro atoms. The summed E-state index contributed by atoms with van der Waals surface area (Å²) in [5.74, 6) is 2.09. The minimum atomic E-state index is -0.305. The molecule has 1 atom stereocenters. The second-order valence-corrected chi connectivity index (χ2v) is 9.77. The SMILES string of the molecule is CC(C)c1ccc(OCCCCn2c(C3CC(=O)N(c4ccc(F)cc4)C3)nc3ccccc32)cc1. The number of halogens is 1. The molecule has 6 heteroatoms. The molecular weight excluding hydrogens is 453 g/mol. The standard InChI is InChI=1S/C30H32FN3O2/c1-21(2)22-9-15-26(16-10-22)36-18-6-5-17-33-28-8-4-3-7-27(28)32-30(33)23-19-29(35)34(20-23)25-13-11-24(31)12-14-25/h3-4,7-16,21,23H,5-6,17-20H2,1-2H3. The lowest BCUT2D eigenvalue weighted by Crippen LogP contribution is -2.24. The number of carbonyl (C=O) groups is 1. The van der Waals surface area contributed by atoms with Gasteiger partial charge < -0.3 is 14.2 Å². The highest BCUT2D eigenvalue weighted by Gasteiger charge is 2.34. The molecule has 1 saturated heterocycles. The lowest BCUT2D eigenvalue weighted by molar-refractivity contribution is -0.117. The molecular formula is C30H32FN3O2. The summed E-state index contributed by atoms with van der Waals surface area (Å²) in [6.07, 6.45) is 2.26. The van der Waals surface area contributed by atoms with Crippen LogP contribution >= 0.6 is 0 Å². The van der Waals surface area contributed by atoms with Gasteiger partial charge in [0.2, 0.25) is 5.91 Å². The second-order valence-electron chi connectivity index (χ2n) is 9.77. The molecule has 1 aliphatic rings. The Morgan fingerprint density at radius 1 is 1.00 bits per heavy atom. The van der Waals surface area contributed by atoms with Gasteiger partial charge in [0.15, 0.2) is 0 Å². The van der Waals surface area contributed by atoms with Crippen LogP contribution in [0.3, 0.4) is 0 Å². The zero-order valence-corrected chi connectivity index (χ0v) is 20.9. The van der Waals surface area contributed by atoms with E-state index >= 15 is 0 Å². The summed E-state index contributed by atoms with van der Waals surface area (Å²) in [5, 5.41) is 0. The van der Waals surface area contributed by atoms with Crippen molar-refractivity contribution >= 4 is 22.6 Å². The number of amides is 1. The summed E-state index contributed by atoms with van der Waals surface area (Å²) >= 11 is 0. The Hall–Kier alpha value is -3.67. The minimum absolute atomic E-state index is 0.00863. The summed E-state index contributed by atoms with van der Waals surface area (Å²) in [6.45, 7) is 6.39. The fraction of sp³-hybridized carbons (Fsp3) is 0.333. The number of rotatable bonds is 9. The maximum atomic E-state index is 13.4. The first-order chi connectivity index (χ1) is 17.5. The molecule has 186 valence electrons. The Balaban J connectivity index is 1.25. The number of para-hydroxylation sites is 2. The summed E-state index contributed by atoms with van der Waals surface area (Å²) < 4.78 is 21.6. The van der Waals surface area contributed by atoms with Crippen LogP contribution in [0.2, 0.25) is 0 Å². The predicted octanol–water partition coefficient (Wildman–Crippen LogP) is 6.68. The first-order valence-electron chi connectivity index (χ1n) is 12.7. The molecule has 2 heterocycles. The smallest absolute Gasteiger partial charge is 0.227 e. The molecule has 0 radical (unpaired) electrons. The third-order valence-corrected chi connectivity index (χ3v) is 6.90. The van der Waals surface area contributed by atoms with E-state index in [1.54, 1.807) is 17.0 Å². The largest absolute Gasteiger partial charge is 0.494 e. The van der Waals surface area contributed by atoms with E-state index < -0.39 is 0 Å². The van der Waals surface area contributed by atoms with Gasteiger partial charge in [0.25, 0.3) is 0 Å². The number of fused-ring (bicyclic) bond motifs is 1. The van der Waals surface area contributed by atoms with Crippen LogP contribution in [-0.2, 0) is 11.3 Å². The number of benzene rings is 3. The Labute approximate surface area is 211 Å². The number of hydrogen-bond donors (Lipinski definition) is 0. The predicted molar refractivity (Wildman–Crippen MR) is 141 cm³/mol. The van der Waals surface area contributed by atoms with Gasteiger partial charge in [-0.3, -0.25) is 4.79 Å². The number of anilines is 1. The van der Waals surface area contributed by atoms with Gasteiger partial charge >= 0.3 is 0 Å². The van der Waals surface area contributed by atoms with E-state index in [0.717, 1.165) is 47.7 Å². The highest BCUT2D eigenvalue weighted by Crippen LogP contribution is 2.33. The summed E-state index contributed by atoms with van der Waals surface area (Å²) in [6, 6.07) is 22.6. The van der Waals surface area contributed by atoms with E-state index in [2.05, 4.69) is 36.6 Å². The number of aryl methyl sites for hydroxylation is 1. The van der Waals surface area contributed by atoms with E-state index in [4.69, 9.17) is 9.72 Å². The van der Waals surface area contributed by atoms with E-state index in [0.29, 0.717) is 25.5 Å². The number of unbranched alkanes of at least 4 members (excludes halogenated alkanes) is 1. The molecule has 0 saturated carbocycles. The van der Waals surface area contributed by atoms with Crippen molar-refractivity contribution in [2.75, 3.05) is 18.1 Å². The van der Waals surface area contributed by atoms with Crippen molar-refractivity contribution in [1.82, 2.24) is 9.55 Å². The van der Waals surface area contributed by atoms with Gasteiger partial charge in [-0.2, -0.15) is 0 Å². The normalized spacial score (nSPS) is 15.8. The second kappa shape index (κ2) is 10.5. The van der Waals surface area contributed by atoms with Gasteiger partial charge in [-0.1, -0.05) is 38.1 Å². The van der Waals surface area contributed by atoms with Gasteiger partial charge in [0.05, 0.1) is 17.6 Å².